The van der Waals surface area contributed by atoms with Crippen LogP contribution in [0.25, 0.3) is 0 Å². The zero-order chi connectivity index (χ0) is 12.5. The van der Waals surface area contributed by atoms with Gasteiger partial charge in [0.15, 0.2) is 0 Å². The second-order valence-corrected chi connectivity index (χ2v) is 5.25. The number of hydrogen-bond donors (Lipinski definition) is 0. The highest BCUT2D eigenvalue weighted by Gasteiger charge is 2.35. The Kier molecular flexibility index (Phi) is 3.24. The predicted octanol–water partition coefficient (Wildman–Crippen LogP) is 4.80. The molecule has 2 unspecified atom stereocenters. The molecule has 0 radical (unpaired) electrons. The van der Waals surface area contributed by atoms with E-state index in [0.717, 1.165) is 6.42 Å². The summed E-state index contributed by atoms with van der Waals surface area (Å²) in [5.74, 6) is 0.583. The molecule has 0 aliphatic heterocycles. The molecule has 0 saturated carbocycles. The van der Waals surface area contributed by atoms with Crippen molar-refractivity contribution in [1.82, 2.24) is 0 Å². The van der Waals surface area contributed by atoms with Crippen LogP contribution in [-0.4, -0.2) is 0 Å². The maximum Gasteiger partial charge on any atom is 0.0195 e. The molecule has 0 spiro atoms. The molecule has 0 saturated heterocycles. The van der Waals surface area contributed by atoms with Gasteiger partial charge in [-0.2, -0.15) is 0 Å². The van der Waals surface area contributed by atoms with Crippen LogP contribution in [0.5, 0.6) is 0 Å². The maximum atomic E-state index is 2.39. The van der Waals surface area contributed by atoms with E-state index in [0.29, 0.717) is 5.92 Å². The SMILES string of the molecule is CCC1(c2cccc(C)c2)C=CC=C(C)C1C. The molecular formula is C17H22. The van der Waals surface area contributed by atoms with Crippen LogP contribution in [0.1, 0.15) is 38.3 Å². The van der Waals surface area contributed by atoms with E-state index in [1.54, 1.807) is 0 Å². The highest BCUT2D eigenvalue weighted by atomic mass is 14.4. The van der Waals surface area contributed by atoms with Crippen LogP contribution in [0.4, 0.5) is 0 Å². The lowest BCUT2D eigenvalue weighted by Crippen LogP contribution is -2.33. The molecular weight excluding hydrogens is 204 g/mol. The smallest absolute Gasteiger partial charge is 0.0195 e. The average Bonchev–Trinajstić information content (AvgIpc) is 2.33. The Morgan fingerprint density at radius 3 is 2.65 bits per heavy atom. The van der Waals surface area contributed by atoms with E-state index in [4.69, 9.17) is 0 Å². The van der Waals surface area contributed by atoms with Gasteiger partial charge >= 0.3 is 0 Å². The molecule has 1 aromatic carbocycles. The number of aryl methyl sites for hydroxylation is 1. The molecule has 2 atom stereocenters. The summed E-state index contributed by atoms with van der Waals surface area (Å²) in [4.78, 5) is 0. The van der Waals surface area contributed by atoms with Crippen LogP contribution in [0, 0.1) is 12.8 Å². The van der Waals surface area contributed by atoms with Crippen molar-refractivity contribution in [2.24, 2.45) is 5.92 Å². The minimum atomic E-state index is 0.185. The van der Waals surface area contributed by atoms with Gasteiger partial charge in [-0.1, -0.05) is 67.5 Å². The first-order valence-corrected chi connectivity index (χ1v) is 6.53. The van der Waals surface area contributed by atoms with Crippen molar-refractivity contribution in [3.63, 3.8) is 0 Å². The van der Waals surface area contributed by atoms with Gasteiger partial charge in [0.1, 0.15) is 0 Å². The van der Waals surface area contributed by atoms with Crippen LogP contribution < -0.4 is 0 Å². The van der Waals surface area contributed by atoms with Gasteiger partial charge in [-0.25, -0.2) is 0 Å². The lowest BCUT2D eigenvalue weighted by atomic mass is 9.64. The van der Waals surface area contributed by atoms with Crippen LogP contribution in [0.15, 0.2) is 48.1 Å². The van der Waals surface area contributed by atoms with Crippen molar-refractivity contribution in [1.29, 1.82) is 0 Å². The van der Waals surface area contributed by atoms with E-state index in [2.05, 4.69) is 70.2 Å². The fraction of sp³-hybridized carbons (Fsp3) is 0.412. The topological polar surface area (TPSA) is 0 Å². The van der Waals surface area contributed by atoms with E-state index in [1.807, 2.05) is 0 Å². The molecule has 2 rings (SSSR count). The maximum absolute atomic E-state index is 2.39. The number of rotatable bonds is 2. The first-order chi connectivity index (χ1) is 8.10. The second-order valence-electron chi connectivity index (χ2n) is 5.25. The van der Waals surface area contributed by atoms with Crippen LogP contribution in [0.2, 0.25) is 0 Å². The van der Waals surface area contributed by atoms with Crippen molar-refractivity contribution < 1.29 is 0 Å². The summed E-state index contributed by atoms with van der Waals surface area (Å²) in [5, 5.41) is 0. The van der Waals surface area contributed by atoms with Crippen LogP contribution in [0.3, 0.4) is 0 Å². The predicted molar refractivity (Wildman–Crippen MR) is 75.2 cm³/mol. The fourth-order valence-electron chi connectivity index (χ4n) is 2.98. The number of benzene rings is 1. The summed E-state index contributed by atoms with van der Waals surface area (Å²) in [6.07, 6.45) is 8.01. The molecule has 1 aromatic rings. The highest BCUT2D eigenvalue weighted by Crippen LogP contribution is 2.43. The molecule has 0 heterocycles. The van der Waals surface area contributed by atoms with E-state index in [9.17, 15) is 0 Å². The summed E-state index contributed by atoms with van der Waals surface area (Å²) < 4.78 is 0. The standard InChI is InChI=1S/C17H22/c1-5-17(11-7-9-14(3)15(17)4)16-10-6-8-13(2)12-16/h6-12,15H,5H2,1-4H3. The van der Waals surface area contributed by atoms with E-state index in [1.165, 1.54) is 16.7 Å². The average molecular weight is 226 g/mol. The Balaban J connectivity index is 2.52. The van der Waals surface area contributed by atoms with Crippen molar-refractivity contribution in [3.05, 3.63) is 59.2 Å². The highest BCUT2D eigenvalue weighted by molar-refractivity contribution is 5.41. The number of hydrogen-bond acceptors (Lipinski definition) is 0. The molecule has 1 aliphatic carbocycles. The third kappa shape index (κ3) is 1.97. The Labute approximate surface area is 105 Å². The summed E-state index contributed by atoms with van der Waals surface area (Å²) in [7, 11) is 0. The van der Waals surface area contributed by atoms with Crippen molar-refractivity contribution >= 4 is 0 Å². The zero-order valence-electron chi connectivity index (χ0n) is 11.3. The Hall–Kier alpha value is -1.30. The van der Waals surface area contributed by atoms with Crippen molar-refractivity contribution in [2.75, 3.05) is 0 Å². The third-order valence-corrected chi connectivity index (χ3v) is 4.35. The van der Waals surface area contributed by atoms with Gasteiger partial charge in [-0.3, -0.25) is 0 Å². The summed E-state index contributed by atoms with van der Waals surface area (Å²) in [6.45, 7) is 9.06. The van der Waals surface area contributed by atoms with E-state index >= 15 is 0 Å². The molecule has 0 N–H and O–H groups in total. The van der Waals surface area contributed by atoms with Gasteiger partial charge in [0.05, 0.1) is 0 Å². The lowest BCUT2D eigenvalue weighted by Gasteiger charge is -2.39. The summed E-state index contributed by atoms with van der Waals surface area (Å²) in [6, 6.07) is 8.96. The Morgan fingerprint density at radius 1 is 1.24 bits per heavy atom. The second kappa shape index (κ2) is 4.52. The lowest BCUT2D eigenvalue weighted by molar-refractivity contribution is 0.385. The molecule has 0 nitrogen and oxygen atoms in total. The minimum absolute atomic E-state index is 0.185. The van der Waals surface area contributed by atoms with Gasteiger partial charge in [-0.05, 0) is 31.7 Å². The normalized spacial score (nSPS) is 28.0. The monoisotopic (exact) mass is 226 g/mol. The first-order valence-electron chi connectivity index (χ1n) is 6.53. The summed E-state index contributed by atoms with van der Waals surface area (Å²) >= 11 is 0. The summed E-state index contributed by atoms with van der Waals surface area (Å²) in [5.41, 5.74) is 4.47. The van der Waals surface area contributed by atoms with Gasteiger partial charge in [-0.15, -0.1) is 0 Å². The van der Waals surface area contributed by atoms with Gasteiger partial charge < -0.3 is 0 Å². The number of allylic oxidation sites excluding steroid dienone is 4. The largest absolute Gasteiger partial charge is 0.0734 e. The molecule has 0 amide bonds. The zero-order valence-corrected chi connectivity index (χ0v) is 11.3. The van der Waals surface area contributed by atoms with E-state index < -0.39 is 0 Å². The Morgan fingerprint density at radius 2 is 2.00 bits per heavy atom. The van der Waals surface area contributed by atoms with Crippen molar-refractivity contribution in [2.45, 2.75) is 39.5 Å². The molecule has 0 bridgehead atoms. The quantitative estimate of drug-likeness (QED) is 0.680. The minimum Gasteiger partial charge on any atom is -0.0734 e. The first kappa shape index (κ1) is 12.2. The molecule has 17 heavy (non-hydrogen) atoms. The molecule has 0 aromatic heterocycles. The van der Waals surface area contributed by atoms with Crippen LogP contribution in [-0.2, 0) is 5.41 Å². The van der Waals surface area contributed by atoms with E-state index in [-0.39, 0.29) is 5.41 Å². The Bertz CT molecular complexity index is 465. The van der Waals surface area contributed by atoms with Crippen molar-refractivity contribution in [3.8, 4) is 0 Å². The third-order valence-electron chi connectivity index (χ3n) is 4.35. The molecule has 90 valence electrons. The fourth-order valence-corrected chi connectivity index (χ4v) is 2.98. The molecule has 1 aliphatic rings. The van der Waals surface area contributed by atoms with Gasteiger partial charge in [0, 0.05) is 5.41 Å². The van der Waals surface area contributed by atoms with Crippen LogP contribution >= 0.6 is 0 Å². The molecule has 0 heteroatoms. The van der Waals surface area contributed by atoms with Gasteiger partial charge in [0.25, 0.3) is 0 Å². The van der Waals surface area contributed by atoms with Gasteiger partial charge in [0.2, 0.25) is 0 Å². The molecule has 0 fully saturated rings.